The molecule has 0 aliphatic carbocycles. The number of methoxy groups -OCH3 is 2. The average Bonchev–Trinajstić information content (AvgIpc) is 3.35. The van der Waals surface area contributed by atoms with Gasteiger partial charge < -0.3 is 14.8 Å². The molecule has 1 aliphatic rings. The van der Waals surface area contributed by atoms with E-state index in [9.17, 15) is 4.79 Å². The van der Waals surface area contributed by atoms with Crippen molar-refractivity contribution < 1.29 is 9.47 Å². The number of ether oxygens (including phenoxy) is 2. The topological polar surface area (TPSA) is 88.1 Å². The van der Waals surface area contributed by atoms with Crippen LogP contribution in [0, 0.1) is 0 Å². The molecule has 0 atom stereocenters. The standard InChI is InChI=1S/C21H18N4O3S/c1-27-16-7-3-13(4-8-16)19-14(12-22-25-19)11-18-20(24-21(26)29-18)23-15-5-9-17(28-2)10-6-15/h3-12,23H,1-2H3,(H,24,26). The van der Waals surface area contributed by atoms with Gasteiger partial charge in [0, 0.05) is 16.8 Å². The highest BCUT2D eigenvalue weighted by Crippen LogP contribution is 2.26. The van der Waals surface area contributed by atoms with Crippen molar-refractivity contribution >= 4 is 40.8 Å². The predicted octanol–water partition coefficient (Wildman–Crippen LogP) is 4.07. The first-order chi connectivity index (χ1) is 14.2. The second-order valence-electron chi connectivity index (χ2n) is 6.13. The Morgan fingerprint density at radius 1 is 1.00 bits per heavy atom. The molecule has 1 aliphatic heterocycles. The van der Waals surface area contributed by atoms with Crippen LogP contribution >= 0.6 is 11.3 Å². The zero-order chi connectivity index (χ0) is 20.2. The average molecular weight is 406 g/mol. The van der Waals surface area contributed by atoms with Crippen LogP contribution in [-0.4, -0.2) is 31.1 Å². The molecule has 3 aromatic rings. The summed E-state index contributed by atoms with van der Waals surface area (Å²) in [6.07, 6.45) is 3.58. The normalized spacial score (nSPS) is 14.1. The van der Waals surface area contributed by atoms with Crippen molar-refractivity contribution in [2.24, 2.45) is 10.2 Å². The zero-order valence-electron chi connectivity index (χ0n) is 15.8. The summed E-state index contributed by atoms with van der Waals surface area (Å²) < 4.78 is 10.4. The zero-order valence-corrected chi connectivity index (χ0v) is 16.6. The molecule has 4 rings (SSSR count). The molecule has 0 radical (unpaired) electrons. The first kappa shape index (κ1) is 18.7. The number of anilines is 2. The summed E-state index contributed by atoms with van der Waals surface area (Å²) in [4.78, 5) is 15.4. The molecule has 0 saturated carbocycles. The summed E-state index contributed by atoms with van der Waals surface area (Å²) in [6.45, 7) is 0. The van der Waals surface area contributed by atoms with Gasteiger partial charge in [0.25, 0.3) is 0 Å². The van der Waals surface area contributed by atoms with Crippen LogP contribution in [0.15, 0.2) is 69.1 Å². The van der Waals surface area contributed by atoms with Crippen LogP contribution in [-0.2, 0) is 0 Å². The lowest BCUT2D eigenvalue weighted by atomic mass is 10.0. The van der Waals surface area contributed by atoms with E-state index >= 15 is 0 Å². The molecule has 2 N–H and O–H groups in total. The van der Waals surface area contributed by atoms with Crippen LogP contribution in [0.3, 0.4) is 0 Å². The van der Waals surface area contributed by atoms with Crippen LogP contribution in [0.1, 0.15) is 10.4 Å². The molecule has 8 heteroatoms. The van der Waals surface area contributed by atoms with Gasteiger partial charge >= 0.3 is 4.87 Å². The lowest BCUT2D eigenvalue weighted by Crippen LogP contribution is -2.02. The summed E-state index contributed by atoms with van der Waals surface area (Å²) in [5, 5.41) is 11.5. The Balaban J connectivity index is 1.62. The minimum Gasteiger partial charge on any atom is -0.497 e. The molecule has 7 nitrogen and oxygen atoms in total. The number of benzene rings is 2. The lowest BCUT2D eigenvalue weighted by molar-refractivity contribution is 0.414. The van der Waals surface area contributed by atoms with Gasteiger partial charge in [-0.3, -0.25) is 9.78 Å². The molecular weight excluding hydrogens is 388 g/mol. The molecule has 2 aromatic carbocycles. The fraction of sp³-hybridized carbons (Fsp3) is 0.0952. The second kappa shape index (κ2) is 8.15. The Morgan fingerprint density at radius 3 is 2.31 bits per heavy atom. The summed E-state index contributed by atoms with van der Waals surface area (Å²) >= 11 is 1.12. The number of aromatic amines is 1. The van der Waals surface area contributed by atoms with E-state index in [1.807, 2.05) is 54.6 Å². The van der Waals surface area contributed by atoms with Gasteiger partial charge in [-0.05, 0) is 54.6 Å². The Labute approximate surface area is 171 Å². The summed E-state index contributed by atoms with van der Waals surface area (Å²) in [6, 6.07) is 15.1. The maximum atomic E-state index is 12.0. The minimum atomic E-state index is -0.147. The largest absolute Gasteiger partial charge is 0.497 e. The van der Waals surface area contributed by atoms with Gasteiger partial charge in [0.15, 0.2) is 0 Å². The molecule has 0 bridgehead atoms. The van der Waals surface area contributed by atoms with Crippen molar-refractivity contribution in [1.82, 2.24) is 4.98 Å². The van der Waals surface area contributed by atoms with Crippen molar-refractivity contribution in [2.75, 3.05) is 19.5 Å². The molecule has 0 spiro atoms. The summed E-state index contributed by atoms with van der Waals surface area (Å²) in [5.41, 5.74) is 3.32. The van der Waals surface area contributed by atoms with E-state index in [1.54, 1.807) is 20.4 Å². The van der Waals surface area contributed by atoms with Crippen molar-refractivity contribution in [3.05, 3.63) is 74.2 Å². The molecule has 0 saturated heterocycles. The van der Waals surface area contributed by atoms with Gasteiger partial charge in [-0.2, -0.15) is 5.10 Å². The minimum absolute atomic E-state index is 0.147. The Kier molecular flexibility index (Phi) is 5.26. The van der Waals surface area contributed by atoms with Gasteiger partial charge in [0.1, 0.15) is 23.0 Å². The highest BCUT2D eigenvalue weighted by molar-refractivity contribution is 7.10. The molecule has 29 heavy (non-hydrogen) atoms. The molecular formula is C21H18N4O3S. The monoisotopic (exact) mass is 406 g/mol. The summed E-state index contributed by atoms with van der Waals surface area (Å²) in [7, 11) is 3.25. The fourth-order valence-electron chi connectivity index (χ4n) is 2.84. The smallest absolute Gasteiger partial charge is 0.306 e. The quantitative estimate of drug-likeness (QED) is 0.646. The first-order valence-electron chi connectivity index (χ1n) is 8.78. The van der Waals surface area contributed by atoms with Crippen LogP contribution in [0.2, 0.25) is 0 Å². The van der Waals surface area contributed by atoms with E-state index in [0.29, 0.717) is 5.82 Å². The van der Waals surface area contributed by atoms with Gasteiger partial charge in [0.05, 0.1) is 25.3 Å². The lowest BCUT2D eigenvalue weighted by Gasteiger charge is -2.07. The Morgan fingerprint density at radius 2 is 1.66 bits per heavy atom. The maximum Gasteiger partial charge on any atom is 0.306 e. The molecule has 2 heterocycles. The number of thiazole rings is 1. The maximum absolute atomic E-state index is 12.0. The van der Waals surface area contributed by atoms with E-state index in [4.69, 9.17) is 9.47 Å². The van der Waals surface area contributed by atoms with E-state index in [-0.39, 0.29) is 4.87 Å². The molecule has 0 amide bonds. The van der Waals surface area contributed by atoms with E-state index in [2.05, 4.69) is 20.5 Å². The van der Waals surface area contributed by atoms with Gasteiger partial charge in [-0.1, -0.05) is 11.3 Å². The SMILES string of the molecule is COc1ccc(Nc2[nH]c(=O)sc2C=C2C=NN=C2c2ccc(OC)cc2)cc1. The Hall–Kier alpha value is -3.65. The number of H-pyrrole nitrogens is 1. The first-order valence-corrected chi connectivity index (χ1v) is 9.59. The fourth-order valence-corrected chi connectivity index (χ4v) is 3.58. The number of allylic oxidation sites excluding steroid dienone is 1. The third-order valence-corrected chi connectivity index (χ3v) is 5.14. The molecule has 146 valence electrons. The van der Waals surface area contributed by atoms with E-state index in [1.165, 1.54) is 0 Å². The van der Waals surface area contributed by atoms with Crippen molar-refractivity contribution in [3.63, 3.8) is 0 Å². The number of aromatic nitrogens is 1. The molecule has 0 unspecified atom stereocenters. The van der Waals surface area contributed by atoms with Gasteiger partial charge in [-0.15, -0.1) is 5.10 Å². The number of nitrogens with one attached hydrogen (secondary N) is 2. The van der Waals surface area contributed by atoms with Gasteiger partial charge in [-0.25, -0.2) is 0 Å². The number of rotatable bonds is 6. The summed E-state index contributed by atoms with van der Waals surface area (Å²) in [5.74, 6) is 2.15. The van der Waals surface area contributed by atoms with Crippen LogP contribution in [0.5, 0.6) is 11.5 Å². The van der Waals surface area contributed by atoms with E-state index in [0.717, 1.165) is 50.2 Å². The highest BCUT2D eigenvalue weighted by Gasteiger charge is 2.16. The Bertz CT molecular complexity index is 1160. The second-order valence-corrected chi connectivity index (χ2v) is 7.14. The third kappa shape index (κ3) is 4.12. The van der Waals surface area contributed by atoms with Crippen molar-refractivity contribution in [2.45, 2.75) is 0 Å². The highest BCUT2D eigenvalue weighted by atomic mass is 32.1. The number of hydrogen-bond acceptors (Lipinski definition) is 7. The molecule has 1 aromatic heterocycles. The van der Waals surface area contributed by atoms with Crippen molar-refractivity contribution in [3.8, 4) is 11.5 Å². The number of hydrogen-bond donors (Lipinski definition) is 2. The number of nitrogens with zero attached hydrogens (tertiary/aromatic N) is 2. The third-order valence-electron chi connectivity index (χ3n) is 4.31. The van der Waals surface area contributed by atoms with Crippen LogP contribution in [0.25, 0.3) is 6.08 Å². The van der Waals surface area contributed by atoms with Crippen molar-refractivity contribution in [1.29, 1.82) is 0 Å². The van der Waals surface area contributed by atoms with Gasteiger partial charge in [0.2, 0.25) is 0 Å². The molecule has 0 fully saturated rings. The predicted molar refractivity (Wildman–Crippen MR) is 117 cm³/mol. The van der Waals surface area contributed by atoms with E-state index < -0.39 is 0 Å². The van der Waals surface area contributed by atoms with Crippen LogP contribution in [0.4, 0.5) is 11.5 Å². The van der Waals surface area contributed by atoms with Crippen LogP contribution < -0.4 is 19.7 Å².